The summed E-state index contributed by atoms with van der Waals surface area (Å²) in [5.41, 5.74) is 6.81. The van der Waals surface area contributed by atoms with Gasteiger partial charge in [0.2, 0.25) is 0 Å². The first kappa shape index (κ1) is 14.5. The lowest BCUT2D eigenvalue weighted by atomic mass is 10.3. The number of rotatable bonds is 6. The molecular formula is C12H15N3O4. The maximum Gasteiger partial charge on any atom is 0.332 e. The van der Waals surface area contributed by atoms with Crippen LogP contribution in [0.2, 0.25) is 0 Å². The predicted octanol–water partition coefficient (Wildman–Crippen LogP) is 1.98. The van der Waals surface area contributed by atoms with Crippen LogP contribution in [0.3, 0.4) is 0 Å². The van der Waals surface area contributed by atoms with Crippen molar-refractivity contribution in [2.45, 2.75) is 13.8 Å². The maximum atomic E-state index is 11.1. The van der Waals surface area contributed by atoms with Crippen molar-refractivity contribution in [2.75, 3.05) is 12.0 Å². The smallest absolute Gasteiger partial charge is 0.332 e. The molecule has 0 saturated heterocycles. The molecule has 0 aliphatic rings. The molecule has 0 radical (unpaired) electrons. The van der Waals surface area contributed by atoms with E-state index in [2.05, 4.69) is 10.9 Å². The second-order valence-electron chi connectivity index (χ2n) is 3.63. The zero-order valence-electron chi connectivity index (χ0n) is 10.7. The fourth-order valence-corrected chi connectivity index (χ4v) is 1.23. The SMILES string of the molecule is CCOC(=O)C=C(C)NNc1ccc([N+](=O)[O-])cc1. The molecular weight excluding hydrogens is 250 g/mol. The summed E-state index contributed by atoms with van der Waals surface area (Å²) in [4.78, 5) is 21.1. The normalized spacial score (nSPS) is 10.7. The molecule has 0 spiro atoms. The van der Waals surface area contributed by atoms with Gasteiger partial charge in [-0.15, -0.1) is 0 Å². The Morgan fingerprint density at radius 2 is 2.05 bits per heavy atom. The summed E-state index contributed by atoms with van der Waals surface area (Å²) in [5, 5.41) is 10.5. The first-order valence-electron chi connectivity index (χ1n) is 5.64. The Morgan fingerprint density at radius 3 is 2.58 bits per heavy atom. The highest BCUT2D eigenvalue weighted by Gasteiger charge is 2.03. The van der Waals surface area contributed by atoms with E-state index in [0.717, 1.165) is 0 Å². The summed E-state index contributed by atoms with van der Waals surface area (Å²) < 4.78 is 4.75. The number of benzene rings is 1. The van der Waals surface area contributed by atoms with Gasteiger partial charge in [0, 0.05) is 23.9 Å². The Bertz CT molecular complexity index is 482. The number of nitro groups is 1. The number of hydrazine groups is 1. The lowest BCUT2D eigenvalue weighted by Gasteiger charge is -2.09. The standard InChI is InChI=1S/C12H15N3O4/c1-3-19-12(16)8-9(2)13-14-10-4-6-11(7-5-10)15(17)18/h4-8,13-14H,3H2,1-2H3. The third-order valence-corrected chi connectivity index (χ3v) is 2.10. The van der Waals surface area contributed by atoms with E-state index in [0.29, 0.717) is 18.0 Å². The monoisotopic (exact) mass is 265 g/mol. The van der Waals surface area contributed by atoms with Crippen molar-refractivity contribution in [1.29, 1.82) is 0 Å². The van der Waals surface area contributed by atoms with Gasteiger partial charge in [0.25, 0.3) is 5.69 Å². The number of nitrogens with zero attached hydrogens (tertiary/aromatic N) is 1. The van der Waals surface area contributed by atoms with E-state index in [9.17, 15) is 14.9 Å². The molecule has 0 unspecified atom stereocenters. The molecule has 0 aliphatic heterocycles. The highest BCUT2D eigenvalue weighted by Crippen LogP contribution is 2.14. The van der Waals surface area contributed by atoms with Crippen LogP contribution in [0.25, 0.3) is 0 Å². The summed E-state index contributed by atoms with van der Waals surface area (Å²) in [6, 6.07) is 5.88. The zero-order valence-corrected chi connectivity index (χ0v) is 10.7. The van der Waals surface area contributed by atoms with Crippen molar-refractivity contribution >= 4 is 17.3 Å². The molecule has 19 heavy (non-hydrogen) atoms. The summed E-state index contributed by atoms with van der Waals surface area (Å²) in [5.74, 6) is -0.432. The average molecular weight is 265 g/mol. The number of allylic oxidation sites excluding steroid dienone is 1. The number of hydrogen-bond donors (Lipinski definition) is 2. The Morgan fingerprint density at radius 1 is 1.42 bits per heavy atom. The Balaban J connectivity index is 2.52. The van der Waals surface area contributed by atoms with E-state index >= 15 is 0 Å². The zero-order chi connectivity index (χ0) is 14.3. The average Bonchev–Trinajstić information content (AvgIpc) is 2.37. The fraction of sp³-hybridized carbons (Fsp3) is 0.250. The van der Waals surface area contributed by atoms with Crippen LogP contribution in [-0.4, -0.2) is 17.5 Å². The van der Waals surface area contributed by atoms with Gasteiger partial charge >= 0.3 is 5.97 Å². The van der Waals surface area contributed by atoms with E-state index in [-0.39, 0.29) is 5.69 Å². The number of nitrogens with one attached hydrogen (secondary N) is 2. The molecule has 1 aromatic rings. The molecule has 2 N–H and O–H groups in total. The molecule has 0 fully saturated rings. The molecule has 7 nitrogen and oxygen atoms in total. The number of carbonyl (C=O) groups excluding carboxylic acids is 1. The van der Waals surface area contributed by atoms with Crippen LogP contribution in [0.15, 0.2) is 36.0 Å². The number of anilines is 1. The van der Waals surface area contributed by atoms with Crippen LogP contribution in [-0.2, 0) is 9.53 Å². The second kappa shape index (κ2) is 7.00. The molecule has 0 atom stereocenters. The van der Waals surface area contributed by atoms with Crippen molar-refractivity contribution < 1.29 is 14.5 Å². The van der Waals surface area contributed by atoms with Crippen LogP contribution in [0.5, 0.6) is 0 Å². The third kappa shape index (κ3) is 5.07. The number of ether oxygens (including phenoxy) is 1. The van der Waals surface area contributed by atoms with Crippen molar-refractivity contribution in [1.82, 2.24) is 5.43 Å². The summed E-state index contributed by atoms with van der Waals surface area (Å²) >= 11 is 0. The molecule has 1 rings (SSSR count). The predicted molar refractivity (Wildman–Crippen MR) is 70.2 cm³/mol. The van der Waals surface area contributed by atoms with Crippen molar-refractivity contribution in [3.63, 3.8) is 0 Å². The molecule has 0 heterocycles. The van der Waals surface area contributed by atoms with Gasteiger partial charge in [0.05, 0.1) is 17.2 Å². The lowest BCUT2D eigenvalue weighted by Crippen LogP contribution is -2.20. The quantitative estimate of drug-likeness (QED) is 0.353. The molecule has 0 saturated carbocycles. The van der Waals surface area contributed by atoms with E-state index in [4.69, 9.17) is 4.74 Å². The molecule has 0 bridgehead atoms. The lowest BCUT2D eigenvalue weighted by molar-refractivity contribution is -0.384. The van der Waals surface area contributed by atoms with Gasteiger partial charge in [-0.1, -0.05) is 0 Å². The topological polar surface area (TPSA) is 93.5 Å². The Kier molecular flexibility index (Phi) is 5.34. The van der Waals surface area contributed by atoms with Crippen LogP contribution < -0.4 is 10.9 Å². The molecule has 102 valence electrons. The Hall–Kier alpha value is -2.57. The minimum atomic E-state index is -0.469. The largest absolute Gasteiger partial charge is 0.463 e. The number of hydrogen-bond acceptors (Lipinski definition) is 6. The van der Waals surface area contributed by atoms with Crippen LogP contribution in [0.1, 0.15) is 13.8 Å². The summed E-state index contributed by atoms with van der Waals surface area (Å²) in [7, 11) is 0. The summed E-state index contributed by atoms with van der Waals surface area (Å²) in [6.45, 7) is 3.73. The van der Waals surface area contributed by atoms with Gasteiger partial charge < -0.3 is 15.6 Å². The van der Waals surface area contributed by atoms with Gasteiger partial charge in [-0.3, -0.25) is 10.1 Å². The second-order valence-corrected chi connectivity index (χ2v) is 3.63. The number of esters is 1. The van der Waals surface area contributed by atoms with Gasteiger partial charge in [0.1, 0.15) is 0 Å². The molecule has 1 aromatic carbocycles. The Labute approximate surface area is 110 Å². The van der Waals surface area contributed by atoms with E-state index in [1.807, 2.05) is 0 Å². The van der Waals surface area contributed by atoms with Crippen LogP contribution in [0, 0.1) is 10.1 Å². The van der Waals surface area contributed by atoms with Gasteiger partial charge in [-0.05, 0) is 26.0 Å². The van der Waals surface area contributed by atoms with Gasteiger partial charge in [0.15, 0.2) is 0 Å². The first-order chi connectivity index (χ1) is 9.02. The molecule has 0 amide bonds. The fourth-order valence-electron chi connectivity index (χ4n) is 1.23. The number of carbonyl (C=O) groups is 1. The highest BCUT2D eigenvalue weighted by atomic mass is 16.6. The molecule has 0 aliphatic carbocycles. The third-order valence-electron chi connectivity index (χ3n) is 2.10. The van der Waals surface area contributed by atoms with Gasteiger partial charge in [-0.2, -0.15) is 0 Å². The highest BCUT2D eigenvalue weighted by molar-refractivity contribution is 5.82. The van der Waals surface area contributed by atoms with E-state index in [1.165, 1.54) is 18.2 Å². The number of nitro benzene ring substituents is 1. The van der Waals surface area contributed by atoms with Crippen molar-refractivity contribution in [3.05, 3.63) is 46.2 Å². The maximum absolute atomic E-state index is 11.1. The van der Waals surface area contributed by atoms with Crippen LogP contribution >= 0.6 is 0 Å². The van der Waals surface area contributed by atoms with Crippen molar-refractivity contribution in [3.8, 4) is 0 Å². The van der Waals surface area contributed by atoms with E-state index in [1.54, 1.807) is 26.0 Å². The minimum absolute atomic E-state index is 0.0179. The summed E-state index contributed by atoms with van der Waals surface area (Å²) in [6.07, 6.45) is 1.31. The number of non-ortho nitro benzene ring substituents is 1. The van der Waals surface area contributed by atoms with E-state index < -0.39 is 10.9 Å². The van der Waals surface area contributed by atoms with Gasteiger partial charge in [-0.25, -0.2) is 4.79 Å². The molecule has 7 heteroatoms. The van der Waals surface area contributed by atoms with Crippen LogP contribution in [0.4, 0.5) is 11.4 Å². The molecule has 0 aromatic heterocycles. The minimum Gasteiger partial charge on any atom is -0.463 e. The van der Waals surface area contributed by atoms with Crippen molar-refractivity contribution in [2.24, 2.45) is 0 Å². The first-order valence-corrected chi connectivity index (χ1v) is 5.64.